The average molecular weight is 413 g/mol. The van der Waals surface area contributed by atoms with Gasteiger partial charge in [0.2, 0.25) is 0 Å². The van der Waals surface area contributed by atoms with Crippen LogP contribution in [0.4, 0.5) is 14.6 Å². The summed E-state index contributed by atoms with van der Waals surface area (Å²) in [7, 11) is 3.22. The maximum absolute atomic E-state index is 13.4. The first-order chi connectivity index (χ1) is 14.5. The van der Waals surface area contributed by atoms with Crippen LogP contribution in [0.15, 0.2) is 66.9 Å². The number of hydrogen-bond donors (Lipinski definition) is 1. The molecule has 3 aromatic rings. The van der Waals surface area contributed by atoms with Crippen molar-refractivity contribution in [3.63, 3.8) is 0 Å². The smallest absolute Gasteiger partial charge is 0.257 e. The van der Waals surface area contributed by atoms with E-state index < -0.39 is 12.5 Å². The van der Waals surface area contributed by atoms with Gasteiger partial charge in [0, 0.05) is 24.8 Å². The molecule has 2 N–H and O–H groups in total. The Bertz CT molecular complexity index is 884. The lowest BCUT2D eigenvalue weighted by molar-refractivity contribution is 0.116. The van der Waals surface area contributed by atoms with E-state index in [1.165, 1.54) is 0 Å². The number of halogens is 2. The van der Waals surface area contributed by atoms with E-state index in [-0.39, 0.29) is 0 Å². The molecule has 0 radical (unpaired) electrons. The molecular weight excluding hydrogens is 388 g/mol. The molecule has 0 fully saturated rings. The Labute approximate surface area is 175 Å². The number of benzene rings is 2. The summed E-state index contributed by atoms with van der Waals surface area (Å²) in [6, 6.07) is 17.0. The fourth-order valence-corrected chi connectivity index (χ4v) is 3.18. The lowest BCUT2D eigenvalue weighted by Crippen LogP contribution is -2.28. The highest BCUT2D eigenvalue weighted by Crippen LogP contribution is 2.29. The van der Waals surface area contributed by atoms with Gasteiger partial charge in [-0.25, -0.2) is 13.8 Å². The summed E-state index contributed by atoms with van der Waals surface area (Å²) in [6.07, 6.45) is -1.09. The van der Waals surface area contributed by atoms with Crippen LogP contribution in [0.5, 0.6) is 11.5 Å². The molecule has 0 bridgehead atoms. The maximum Gasteiger partial charge on any atom is 0.257 e. The Morgan fingerprint density at radius 1 is 0.867 bits per heavy atom. The van der Waals surface area contributed by atoms with Crippen molar-refractivity contribution in [1.29, 1.82) is 0 Å². The first-order valence-corrected chi connectivity index (χ1v) is 9.51. The number of ether oxygens (including phenoxy) is 2. The fraction of sp³-hybridized carbons (Fsp3) is 0.261. The van der Waals surface area contributed by atoms with E-state index in [0.29, 0.717) is 24.5 Å². The zero-order valence-electron chi connectivity index (χ0n) is 17.0. The number of nitrogens with two attached hydrogens (primary N) is 1. The van der Waals surface area contributed by atoms with Gasteiger partial charge in [-0.05, 0) is 41.5 Å². The summed E-state index contributed by atoms with van der Waals surface area (Å²) in [5.41, 5.74) is 8.09. The van der Waals surface area contributed by atoms with Crippen LogP contribution in [0.1, 0.15) is 22.7 Å². The van der Waals surface area contributed by atoms with Gasteiger partial charge in [0.15, 0.2) is 0 Å². The van der Waals surface area contributed by atoms with Crippen molar-refractivity contribution in [3.05, 3.63) is 83.6 Å². The second kappa shape index (κ2) is 10.0. The molecule has 0 aliphatic heterocycles. The molecule has 1 aromatic heterocycles. The third kappa shape index (κ3) is 5.24. The van der Waals surface area contributed by atoms with Gasteiger partial charge >= 0.3 is 0 Å². The molecule has 3 rings (SSSR count). The summed E-state index contributed by atoms with van der Waals surface area (Å²) in [4.78, 5) is 6.35. The summed E-state index contributed by atoms with van der Waals surface area (Å²) >= 11 is 0. The minimum atomic E-state index is -2.68. The average Bonchev–Trinajstić information content (AvgIpc) is 2.79. The third-order valence-corrected chi connectivity index (χ3v) is 4.81. The summed E-state index contributed by atoms with van der Waals surface area (Å²) in [6.45, 7) is 0.936. The van der Waals surface area contributed by atoms with E-state index in [4.69, 9.17) is 15.2 Å². The summed E-state index contributed by atoms with van der Waals surface area (Å²) in [5.74, 6) is 1.94. The van der Waals surface area contributed by atoms with Crippen LogP contribution in [-0.2, 0) is 13.1 Å². The van der Waals surface area contributed by atoms with Gasteiger partial charge in [-0.1, -0.05) is 30.3 Å². The quantitative estimate of drug-likeness (QED) is 0.557. The lowest BCUT2D eigenvalue weighted by Gasteiger charge is -2.28. The van der Waals surface area contributed by atoms with Crippen LogP contribution in [0.2, 0.25) is 0 Å². The molecule has 1 heterocycles. The van der Waals surface area contributed by atoms with Crippen LogP contribution in [-0.4, -0.2) is 25.6 Å². The Morgan fingerprint density at radius 3 is 1.80 bits per heavy atom. The minimum Gasteiger partial charge on any atom is -0.497 e. The number of rotatable bonds is 9. The standard InChI is InChI=1S/C23H25F2N3O2/c1-29-18-9-5-16(6-10-18)14-28(15-17-7-11-19(30-2)12-8-17)23-20(4-3-13-27-23)21(26)22(24)25/h3-13,21-22H,14-15,26H2,1-2H3/t21-/m0/s1. The van der Waals surface area contributed by atoms with Crippen molar-refractivity contribution in [1.82, 2.24) is 4.98 Å². The highest BCUT2D eigenvalue weighted by atomic mass is 19.3. The fourth-order valence-electron chi connectivity index (χ4n) is 3.18. The van der Waals surface area contributed by atoms with Crippen molar-refractivity contribution in [2.75, 3.05) is 19.1 Å². The topological polar surface area (TPSA) is 60.6 Å². The van der Waals surface area contributed by atoms with E-state index in [2.05, 4.69) is 4.98 Å². The van der Waals surface area contributed by atoms with Gasteiger partial charge < -0.3 is 20.1 Å². The molecule has 0 spiro atoms. The van der Waals surface area contributed by atoms with E-state index in [1.807, 2.05) is 53.4 Å². The molecule has 0 saturated heterocycles. The Kier molecular flexibility index (Phi) is 7.19. The molecule has 5 nitrogen and oxygen atoms in total. The largest absolute Gasteiger partial charge is 0.497 e. The molecule has 2 aromatic carbocycles. The SMILES string of the molecule is COc1ccc(CN(Cc2ccc(OC)cc2)c2ncccc2[C@H](N)C(F)F)cc1. The molecule has 0 aliphatic rings. The highest BCUT2D eigenvalue weighted by molar-refractivity contribution is 5.50. The molecular formula is C23H25F2N3O2. The van der Waals surface area contributed by atoms with Crippen molar-refractivity contribution in [2.45, 2.75) is 25.6 Å². The van der Waals surface area contributed by atoms with Crippen molar-refractivity contribution < 1.29 is 18.3 Å². The molecule has 7 heteroatoms. The normalized spacial score (nSPS) is 11.9. The molecule has 0 saturated carbocycles. The van der Waals surface area contributed by atoms with Crippen molar-refractivity contribution >= 4 is 5.82 Å². The molecule has 0 aliphatic carbocycles. The second-order valence-electron chi connectivity index (χ2n) is 6.83. The lowest BCUT2D eigenvalue weighted by atomic mass is 10.1. The van der Waals surface area contributed by atoms with Crippen LogP contribution in [0, 0.1) is 0 Å². The Morgan fingerprint density at radius 2 is 1.37 bits per heavy atom. The predicted octanol–water partition coefficient (Wildman–Crippen LogP) is 4.57. The predicted molar refractivity (Wildman–Crippen MR) is 113 cm³/mol. The number of aromatic nitrogens is 1. The Hall–Kier alpha value is -3.19. The first-order valence-electron chi connectivity index (χ1n) is 9.51. The van der Waals surface area contributed by atoms with Gasteiger partial charge in [0.25, 0.3) is 6.43 Å². The van der Waals surface area contributed by atoms with Crippen molar-refractivity contribution in [3.8, 4) is 11.5 Å². The third-order valence-electron chi connectivity index (χ3n) is 4.81. The van der Waals surface area contributed by atoms with Crippen LogP contribution < -0.4 is 20.1 Å². The molecule has 0 unspecified atom stereocenters. The van der Waals surface area contributed by atoms with Gasteiger partial charge in [0.05, 0.1) is 20.3 Å². The number of hydrogen-bond acceptors (Lipinski definition) is 5. The summed E-state index contributed by atoms with van der Waals surface area (Å²) < 4.78 is 37.2. The van der Waals surface area contributed by atoms with Crippen LogP contribution in [0.25, 0.3) is 0 Å². The van der Waals surface area contributed by atoms with Gasteiger partial charge in [-0.15, -0.1) is 0 Å². The van der Waals surface area contributed by atoms with Gasteiger partial charge in [-0.2, -0.15) is 0 Å². The van der Waals surface area contributed by atoms with E-state index >= 15 is 0 Å². The van der Waals surface area contributed by atoms with Crippen LogP contribution >= 0.6 is 0 Å². The molecule has 0 amide bonds. The maximum atomic E-state index is 13.4. The second-order valence-corrected chi connectivity index (χ2v) is 6.83. The number of methoxy groups -OCH3 is 2. The van der Waals surface area contributed by atoms with E-state index in [1.54, 1.807) is 32.5 Å². The highest BCUT2D eigenvalue weighted by Gasteiger charge is 2.24. The van der Waals surface area contributed by atoms with Gasteiger partial charge in [0.1, 0.15) is 17.3 Å². The first kappa shape index (κ1) is 21.5. The van der Waals surface area contributed by atoms with E-state index in [9.17, 15) is 8.78 Å². The number of alkyl halides is 2. The zero-order chi connectivity index (χ0) is 21.5. The summed E-state index contributed by atoms with van der Waals surface area (Å²) in [5, 5.41) is 0. The van der Waals surface area contributed by atoms with E-state index in [0.717, 1.165) is 22.6 Å². The number of nitrogens with zero attached hydrogens (tertiary/aromatic N) is 2. The van der Waals surface area contributed by atoms with Crippen LogP contribution in [0.3, 0.4) is 0 Å². The number of pyridine rings is 1. The molecule has 30 heavy (non-hydrogen) atoms. The zero-order valence-corrected chi connectivity index (χ0v) is 17.0. The van der Waals surface area contributed by atoms with Gasteiger partial charge in [-0.3, -0.25) is 0 Å². The molecule has 1 atom stereocenters. The van der Waals surface area contributed by atoms with Crippen molar-refractivity contribution in [2.24, 2.45) is 5.73 Å². The molecule has 158 valence electrons. The monoisotopic (exact) mass is 413 g/mol. The minimum absolute atomic E-state index is 0.314. The Balaban J connectivity index is 1.96. The number of anilines is 1.